The summed E-state index contributed by atoms with van der Waals surface area (Å²) in [6.45, 7) is 0.485. The summed E-state index contributed by atoms with van der Waals surface area (Å²) in [7, 11) is 1.77. The number of nitrogens with zero attached hydrogens (tertiary/aromatic N) is 5. The molecule has 0 unspecified atom stereocenters. The first-order chi connectivity index (χ1) is 13.2. The highest BCUT2D eigenvalue weighted by molar-refractivity contribution is 5.88. The molecule has 1 atom stereocenters. The summed E-state index contributed by atoms with van der Waals surface area (Å²) in [6.07, 6.45) is 8.28. The van der Waals surface area contributed by atoms with Gasteiger partial charge in [0, 0.05) is 26.0 Å². The van der Waals surface area contributed by atoms with Crippen LogP contribution >= 0.6 is 0 Å². The SMILES string of the molecule is Cn1cc(NC(=O)N(Cc2cccnc2)[C@H]2CCCc3ccccc32)nn1. The van der Waals surface area contributed by atoms with Crippen molar-refractivity contribution in [1.82, 2.24) is 24.9 Å². The number of amides is 2. The number of aryl methyl sites for hydroxylation is 2. The number of anilines is 1. The van der Waals surface area contributed by atoms with Gasteiger partial charge in [0.05, 0.1) is 12.2 Å². The normalized spacial score (nSPS) is 15.8. The molecule has 1 aliphatic carbocycles. The summed E-state index contributed by atoms with van der Waals surface area (Å²) in [5, 5.41) is 10.7. The van der Waals surface area contributed by atoms with Crippen LogP contribution in [0.1, 0.15) is 35.6 Å². The van der Waals surface area contributed by atoms with E-state index >= 15 is 0 Å². The van der Waals surface area contributed by atoms with Crippen molar-refractivity contribution >= 4 is 11.8 Å². The van der Waals surface area contributed by atoms with Crippen LogP contribution in [-0.4, -0.2) is 30.9 Å². The van der Waals surface area contributed by atoms with Crippen LogP contribution in [0.5, 0.6) is 0 Å². The molecule has 0 spiro atoms. The Balaban J connectivity index is 1.65. The highest BCUT2D eigenvalue weighted by Crippen LogP contribution is 2.35. The van der Waals surface area contributed by atoms with Gasteiger partial charge in [-0.15, -0.1) is 5.10 Å². The van der Waals surface area contributed by atoms with E-state index in [0.29, 0.717) is 12.4 Å². The van der Waals surface area contributed by atoms with E-state index in [9.17, 15) is 4.79 Å². The van der Waals surface area contributed by atoms with Crippen LogP contribution in [0.25, 0.3) is 0 Å². The average molecular weight is 362 g/mol. The summed E-state index contributed by atoms with van der Waals surface area (Å²) in [6, 6.07) is 12.1. The molecule has 138 valence electrons. The molecular formula is C20H22N6O. The Morgan fingerprint density at radius 1 is 1.30 bits per heavy atom. The van der Waals surface area contributed by atoms with Gasteiger partial charge in [-0.3, -0.25) is 15.0 Å². The van der Waals surface area contributed by atoms with Gasteiger partial charge < -0.3 is 4.90 Å². The number of pyridine rings is 1. The topological polar surface area (TPSA) is 75.9 Å². The third kappa shape index (κ3) is 3.81. The Kier molecular flexibility index (Phi) is 4.82. The first-order valence-electron chi connectivity index (χ1n) is 9.11. The second kappa shape index (κ2) is 7.57. The van der Waals surface area contributed by atoms with Gasteiger partial charge >= 0.3 is 6.03 Å². The van der Waals surface area contributed by atoms with E-state index < -0.39 is 0 Å². The molecule has 2 amide bonds. The zero-order valence-corrected chi connectivity index (χ0v) is 15.2. The number of benzene rings is 1. The van der Waals surface area contributed by atoms with Gasteiger partial charge in [-0.2, -0.15) is 0 Å². The number of hydrogen-bond acceptors (Lipinski definition) is 4. The van der Waals surface area contributed by atoms with E-state index in [1.807, 2.05) is 23.1 Å². The Bertz CT molecular complexity index is 923. The molecule has 7 heteroatoms. The largest absolute Gasteiger partial charge is 0.323 e. The van der Waals surface area contributed by atoms with E-state index in [4.69, 9.17) is 0 Å². The van der Waals surface area contributed by atoms with Crippen LogP contribution in [-0.2, 0) is 20.0 Å². The predicted molar refractivity (Wildman–Crippen MR) is 102 cm³/mol. The van der Waals surface area contributed by atoms with Crippen LogP contribution in [0.2, 0.25) is 0 Å². The lowest BCUT2D eigenvalue weighted by Crippen LogP contribution is -2.39. The van der Waals surface area contributed by atoms with Crippen molar-refractivity contribution in [3.05, 3.63) is 71.7 Å². The molecule has 0 aliphatic heterocycles. The minimum absolute atomic E-state index is 0.0202. The number of hydrogen-bond donors (Lipinski definition) is 1. The predicted octanol–water partition coefficient (Wildman–Crippen LogP) is 3.32. The summed E-state index contributed by atoms with van der Waals surface area (Å²) in [5.74, 6) is 0.447. The minimum Gasteiger partial charge on any atom is -0.313 e. The molecule has 4 rings (SSSR count). The van der Waals surface area contributed by atoms with Crippen LogP contribution in [0, 0.1) is 0 Å². The van der Waals surface area contributed by atoms with Crippen LogP contribution in [0.4, 0.5) is 10.6 Å². The van der Waals surface area contributed by atoms with Crippen molar-refractivity contribution in [3.63, 3.8) is 0 Å². The van der Waals surface area contributed by atoms with Gasteiger partial charge in [-0.25, -0.2) is 4.79 Å². The number of urea groups is 1. The van der Waals surface area contributed by atoms with E-state index in [0.717, 1.165) is 24.8 Å². The lowest BCUT2D eigenvalue weighted by molar-refractivity contribution is 0.175. The molecule has 1 aliphatic rings. The smallest absolute Gasteiger partial charge is 0.313 e. The fraction of sp³-hybridized carbons (Fsp3) is 0.300. The van der Waals surface area contributed by atoms with Gasteiger partial charge in [0.1, 0.15) is 0 Å². The molecule has 7 nitrogen and oxygen atoms in total. The molecule has 3 aromatic rings. The summed E-state index contributed by atoms with van der Waals surface area (Å²) in [5.41, 5.74) is 3.54. The van der Waals surface area contributed by atoms with Crippen molar-refractivity contribution in [2.24, 2.45) is 7.05 Å². The Hall–Kier alpha value is -3.22. The van der Waals surface area contributed by atoms with Gasteiger partial charge in [-0.1, -0.05) is 35.5 Å². The van der Waals surface area contributed by atoms with E-state index in [-0.39, 0.29) is 12.1 Å². The number of rotatable bonds is 4. The minimum atomic E-state index is -0.180. The third-order valence-corrected chi connectivity index (χ3v) is 4.89. The summed E-state index contributed by atoms with van der Waals surface area (Å²) in [4.78, 5) is 19.2. The molecule has 0 saturated heterocycles. The maximum absolute atomic E-state index is 13.2. The quantitative estimate of drug-likeness (QED) is 0.772. The molecule has 27 heavy (non-hydrogen) atoms. The summed E-state index contributed by atoms with van der Waals surface area (Å²) >= 11 is 0. The zero-order valence-electron chi connectivity index (χ0n) is 15.2. The van der Waals surface area contributed by atoms with Gasteiger partial charge in [0.2, 0.25) is 0 Å². The van der Waals surface area contributed by atoms with E-state index in [2.05, 4.69) is 38.8 Å². The first kappa shape index (κ1) is 17.2. The Morgan fingerprint density at radius 3 is 2.96 bits per heavy atom. The van der Waals surface area contributed by atoms with Crippen molar-refractivity contribution in [1.29, 1.82) is 0 Å². The molecule has 0 fully saturated rings. The van der Waals surface area contributed by atoms with Gasteiger partial charge in [0.15, 0.2) is 5.82 Å². The number of fused-ring (bicyclic) bond motifs is 1. The summed E-state index contributed by atoms with van der Waals surface area (Å²) < 4.78 is 1.57. The van der Waals surface area contributed by atoms with Crippen LogP contribution < -0.4 is 5.32 Å². The molecule has 2 heterocycles. The number of nitrogens with one attached hydrogen (secondary N) is 1. The third-order valence-electron chi connectivity index (χ3n) is 4.89. The second-order valence-corrected chi connectivity index (χ2v) is 6.80. The average Bonchev–Trinajstić information content (AvgIpc) is 3.11. The molecule has 2 aromatic heterocycles. The standard InChI is InChI=1S/C20H22N6O/c1-25-14-19(23-24-25)22-20(27)26(13-15-6-5-11-21-12-15)18-10-4-8-16-7-2-3-9-17(16)18/h2-3,5-7,9,11-12,14,18H,4,8,10,13H2,1H3,(H,22,27)/t18-/m0/s1. The molecule has 1 aromatic carbocycles. The van der Waals surface area contributed by atoms with Crippen molar-refractivity contribution in [2.75, 3.05) is 5.32 Å². The maximum Gasteiger partial charge on any atom is 0.323 e. The fourth-order valence-electron chi connectivity index (χ4n) is 3.65. The Labute approximate surface area is 158 Å². The number of carbonyl (C=O) groups excluding carboxylic acids is 1. The lowest BCUT2D eigenvalue weighted by Gasteiger charge is -2.35. The first-order valence-corrected chi connectivity index (χ1v) is 9.11. The molecule has 1 N–H and O–H groups in total. The van der Waals surface area contributed by atoms with Crippen LogP contribution in [0.15, 0.2) is 55.0 Å². The van der Waals surface area contributed by atoms with Crippen LogP contribution in [0.3, 0.4) is 0 Å². The Morgan fingerprint density at radius 2 is 2.19 bits per heavy atom. The van der Waals surface area contributed by atoms with Crippen molar-refractivity contribution in [2.45, 2.75) is 31.8 Å². The zero-order chi connectivity index (χ0) is 18.6. The van der Waals surface area contributed by atoms with E-state index in [1.54, 1.807) is 30.3 Å². The number of carbonyl (C=O) groups is 1. The van der Waals surface area contributed by atoms with Crippen molar-refractivity contribution in [3.8, 4) is 0 Å². The van der Waals surface area contributed by atoms with Gasteiger partial charge in [0.25, 0.3) is 0 Å². The lowest BCUT2D eigenvalue weighted by atomic mass is 9.86. The fourth-order valence-corrected chi connectivity index (χ4v) is 3.65. The molecular weight excluding hydrogens is 340 g/mol. The molecule has 0 radical (unpaired) electrons. The van der Waals surface area contributed by atoms with Gasteiger partial charge in [-0.05, 0) is 42.0 Å². The molecule has 0 saturated carbocycles. The number of aromatic nitrogens is 4. The monoisotopic (exact) mass is 362 g/mol. The van der Waals surface area contributed by atoms with Crippen molar-refractivity contribution < 1.29 is 4.79 Å². The maximum atomic E-state index is 13.2. The molecule has 0 bridgehead atoms. The highest BCUT2D eigenvalue weighted by Gasteiger charge is 2.29. The second-order valence-electron chi connectivity index (χ2n) is 6.80. The highest BCUT2D eigenvalue weighted by atomic mass is 16.2. The van der Waals surface area contributed by atoms with E-state index in [1.165, 1.54) is 11.1 Å².